The largest absolute Gasteiger partial charge is 0.491 e. The van der Waals surface area contributed by atoms with Crippen molar-refractivity contribution < 1.29 is 14.9 Å². The summed E-state index contributed by atoms with van der Waals surface area (Å²) in [5, 5.41) is 19.9. The van der Waals surface area contributed by atoms with Gasteiger partial charge in [-0.3, -0.25) is 0 Å². The van der Waals surface area contributed by atoms with Crippen molar-refractivity contribution in [2.75, 3.05) is 6.61 Å². The predicted molar refractivity (Wildman–Crippen MR) is 106 cm³/mol. The molecule has 0 heterocycles. The lowest BCUT2D eigenvalue weighted by molar-refractivity contribution is 0.0645. The van der Waals surface area contributed by atoms with Gasteiger partial charge in [0.1, 0.15) is 18.5 Å². The minimum Gasteiger partial charge on any atom is -0.491 e. The first-order valence-corrected chi connectivity index (χ1v) is 9.00. The highest BCUT2D eigenvalue weighted by molar-refractivity contribution is 5.85. The Morgan fingerprint density at radius 1 is 1.12 bits per heavy atom. The quantitative estimate of drug-likeness (QED) is 0.676. The molecule has 4 N–H and O–H groups in total. The maximum Gasteiger partial charge on any atom is 0.119 e. The number of hydrogen-bond donors (Lipinski definition) is 3. The summed E-state index contributed by atoms with van der Waals surface area (Å²) in [6, 6.07) is 15.3. The minimum absolute atomic E-state index is 0. The zero-order valence-corrected chi connectivity index (χ0v) is 15.7. The van der Waals surface area contributed by atoms with E-state index in [0.717, 1.165) is 37.0 Å². The first-order valence-electron chi connectivity index (χ1n) is 9.00. The van der Waals surface area contributed by atoms with Crippen LogP contribution in [0.4, 0.5) is 0 Å². The third-order valence-corrected chi connectivity index (χ3v) is 5.11. The number of ether oxygens (including phenoxy) is 1. The van der Waals surface area contributed by atoms with Crippen molar-refractivity contribution >= 4 is 12.4 Å². The number of aryl methyl sites for hydroxylation is 1. The Balaban J connectivity index is 0.00000243. The summed E-state index contributed by atoms with van der Waals surface area (Å²) in [4.78, 5) is 0. The average Bonchev–Trinajstić information content (AvgIpc) is 2.87. The van der Waals surface area contributed by atoms with Gasteiger partial charge in [0.25, 0.3) is 0 Å². The van der Waals surface area contributed by atoms with E-state index in [2.05, 4.69) is 12.1 Å². The van der Waals surface area contributed by atoms with E-state index in [-0.39, 0.29) is 37.6 Å². The second kappa shape index (κ2) is 9.93. The van der Waals surface area contributed by atoms with Gasteiger partial charge in [-0.05, 0) is 60.4 Å². The average molecular weight is 378 g/mol. The Morgan fingerprint density at radius 2 is 1.88 bits per heavy atom. The monoisotopic (exact) mass is 377 g/mol. The van der Waals surface area contributed by atoms with Crippen LogP contribution in [0.25, 0.3) is 0 Å². The maximum atomic E-state index is 10.5. The topological polar surface area (TPSA) is 75.7 Å². The molecule has 3 atom stereocenters. The number of aliphatic hydroxyl groups is 2. The Hall–Kier alpha value is -1.59. The molecule has 2 unspecified atom stereocenters. The highest BCUT2D eigenvalue weighted by atomic mass is 35.5. The summed E-state index contributed by atoms with van der Waals surface area (Å²) >= 11 is 0. The Labute approximate surface area is 161 Å². The number of aliphatic hydroxyl groups excluding tert-OH is 2. The van der Waals surface area contributed by atoms with Crippen LogP contribution in [0.3, 0.4) is 0 Å². The van der Waals surface area contributed by atoms with Crippen LogP contribution in [-0.4, -0.2) is 29.0 Å². The first-order chi connectivity index (χ1) is 12.2. The van der Waals surface area contributed by atoms with Crippen LogP contribution in [0.1, 0.15) is 29.5 Å². The third kappa shape index (κ3) is 5.21. The van der Waals surface area contributed by atoms with Crippen LogP contribution < -0.4 is 10.5 Å². The van der Waals surface area contributed by atoms with E-state index >= 15 is 0 Å². The van der Waals surface area contributed by atoms with Gasteiger partial charge >= 0.3 is 0 Å². The Kier molecular flexibility index (Phi) is 7.91. The zero-order chi connectivity index (χ0) is 17.6. The van der Waals surface area contributed by atoms with Crippen LogP contribution in [0, 0.1) is 5.92 Å². The third-order valence-electron chi connectivity index (χ3n) is 5.11. The van der Waals surface area contributed by atoms with E-state index in [1.165, 1.54) is 11.1 Å². The molecule has 0 radical (unpaired) electrons. The van der Waals surface area contributed by atoms with Crippen molar-refractivity contribution in [1.29, 1.82) is 0 Å². The van der Waals surface area contributed by atoms with Gasteiger partial charge in [0.05, 0.1) is 6.61 Å². The second-order valence-corrected chi connectivity index (χ2v) is 6.89. The molecular weight excluding hydrogens is 350 g/mol. The number of fused-ring (bicyclic) bond motifs is 1. The fourth-order valence-corrected chi connectivity index (χ4v) is 3.60. The predicted octanol–water partition coefficient (Wildman–Crippen LogP) is 2.86. The lowest BCUT2D eigenvalue weighted by atomic mass is 9.87. The van der Waals surface area contributed by atoms with Gasteiger partial charge in [0.2, 0.25) is 0 Å². The van der Waals surface area contributed by atoms with Crippen molar-refractivity contribution in [3.8, 4) is 5.75 Å². The second-order valence-electron chi connectivity index (χ2n) is 6.89. The molecule has 0 aliphatic heterocycles. The normalized spacial score (nSPS) is 18.8. The summed E-state index contributed by atoms with van der Waals surface area (Å²) in [6.45, 7) is 0.253. The smallest absolute Gasteiger partial charge is 0.119 e. The van der Waals surface area contributed by atoms with Crippen molar-refractivity contribution in [2.24, 2.45) is 11.7 Å². The molecule has 2 aromatic rings. The lowest BCUT2D eigenvalue weighted by Gasteiger charge is -2.27. The molecule has 26 heavy (non-hydrogen) atoms. The van der Waals surface area contributed by atoms with Crippen molar-refractivity contribution in [3.05, 3.63) is 65.2 Å². The molecule has 1 aliphatic carbocycles. The van der Waals surface area contributed by atoms with E-state index in [9.17, 15) is 10.2 Å². The first kappa shape index (κ1) is 20.7. The zero-order valence-electron chi connectivity index (χ0n) is 14.9. The van der Waals surface area contributed by atoms with E-state index in [0.29, 0.717) is 0 Å². The summed E-state index contributed by atoms with van der Waals surface area (Å²) in [7, 11) is 0. The molecule has 4 nitrogen and oxygen atoms in total. The van der Waals surface area contributed by atoms with Crippen LogP contribution >= 0.6 is 12.4 Å². The van der Waals surface area contributed by atoms with Gasteiger partial charge < -0.3 is 20.7 Å². The van der Waals surface area contributed by atoms with Gasteiger partial charge in [-0.2, -0.15) is 0 Å². The van der Waals surface area contributed by atoms with Crippen LogP contribution in [0.15, 0.2) is 48.5 Å². The number of para-hydroxylation sites is 1. The molecule has 0 spiro atoms. The lowest BCUT2D eigenvalue weighted by Crippen LogP contribution is -2.45. The fraction of sp³-hybridized carbons (Fsp3) is 0.429. The van der Waals surface area contributed by atoms with Crippen LogP contribution in [0.2, 0.25) is 0 Å². The van der Waals surface area contributed by atoms with Gasteiger partial charge in [-0.25, -0.2) is 0 Å². The number of benzene rings is 2. The molecule has 0 saturated heterocycles. The van der Waals surface area contributed by atoms with Crippen molar-refractivity contribution in [2.45, 2.75) is 44.4 Å². The minimum atomic E-state index is -0.701. The van der Waals surface area contributed by atoms with Gasteiger partial charge in [-0.15, -0.1) is 12.4 Å². The fourth-order valence-electron chi connectivity index (χ4n) is 3.60. The highest BCUT2D eigenvalue weighted by Crippen LogP contribution is 2.28. The van der Waals surface area contributed by atoms with Crippen LogP contribution in [0.5, 0.6) is 5.75 Å². The summed E-state index contributed by atoms with van der Waals surface area (Å²) in [5.74, 6) is 0.956. The number of halogens is 1. The summed E-state index contributed by atoms with van der Waals surface area (Å²) < 4.78 is 5.65. The Bertz CT molecular complexity index is 680. The van der Waals surface area contributed by atoms with Crippen LogP contribution in [-0.2, 0) is 19.4 Å². The van der Waals surface area contributed by atoms with Crippen molar-refractivity contribution in [3.63, 3.8) is 0 Å². The molecular formula is C21H28ClNO3. The molecule has 2 aromatic carbocycles. The molecule has 142 valence electrons. The molecule has 0 amide bonds. The molecule has 5 heteroatoms. The Morgan fingerprint density at radius 3 is 2.62 bits per heavy atom. The molecule has 3 rings (SSSR count). The summed E-state index contributed by atoms with van der Waals surface area (Å²) in [5.41, 5.74) is 9.89. The molecule has 0 bridgehead atoms. The van der Waals surface area contributed by atoms with Gasteiger partial charge in [0.15, 0.2) is 0 Å². The standard InChI is InChI=1S/C21H27NO3.ClH/c22-21(20(24)14-25-19-7-2-1-3-8-19)17-6-4-5-16-10-9-15(13-23)11-18(16)12-17;/h1-3,7-11,17,20-21,23-24H,4-6,12-14,22H2;1H/t17?,20-,21?;/m1./s1. The molecule has 0 fully saturated rings. The van der Waals surface area contributed by atoms with Gasteiger partial charge in [-0.1, -0.05) is 36.4 Å². The van der Waals surface area contributed by atoms with E-state index in [4.69, 9.17) is 10.5 Å². The number of nitrogens with two attached hydrogens (primary N) is 1. The maximum absolute atomic E-state index is 10.5. The van der Waals surface area contributed by atoms with E-state index in [1.807, 2.05) is 36.4 Å². The van der Waals surface area contributed by atoms with Gasteiger partial charge in [0, 0.05) is 6.04 Å². The SMILES string of the molecule is Cl.NC(C1CCCc2ccc(CO)cc2C1)[C@H](O)COc1ccccc1. The number of rotatable bonds is 6. The number of hydrogen-bond acceptors (Lipinski definition) is 4. The van der Waals surface area contributed by atoms with E-state index in [1.54, 1.807) is 0 Å². The molecule has 0 aromatic heterocycles. The highest BCUT2D eigenvalue weighted by Gasteiger charge is 2.28. The summed E-state index contributed by atoms with van der Waals surface area (Å²) in [6.07, 6.45) is 3.23. The molecule has 1 aliphatic rings. The van der Waals surface area contributed by atoms with Crippen molar-refractivity contribution in [1.82, 2.24) is 0 Å². The van der Waals surface area contributed by atoms with E-state index < -0.39 is 6.10 Å². The molecule has 0 saturated carbocycles.